The normalized spacial score (nSPS) is 10.2. The molecule has 0 bridgehead atoms. The van der Waals surface area contributed by atoms with Crippen LogP contribution in [0.3, 0.4) is 0 Å². The smallest absolute Gasteiger partial charge is 0.304 e. The second-order valence-corrected chi connectivity index (χ2v) is 4.85. The third-order valence-corrected chi connectivity index (χ3v) is 3.31. The van der Waals surface area contributed by atoms with Gasteiger partial charge in [0.05, 0.1) is 17.0 Å². The quantitative estimate of drug-likeness (QED) is 0.501. The predicted molar refractivity (Wildman–Crippen MR) is 72.0 cm³/mol. The average Bonchev–Trinajstić information content (AvgIpc) is 2.82. The van der Waals surface area contributed by atoms with Crippen molar-refractivity contribution in [2.75, 3.05) is 0 Å². The Hall–Kier alpha value is -2.26. The van der Waals surface area contributed by atoms with Gasteiger partial charge in [0.15, 0.2) is 0 Å². The van der Waals surface area contributed by atoms with E-state index in [4.69, 9.17) is 11.6 Å². The standard InChI is InChI=1S/C10H7ClN4O4S/c11-8-7(1-6(3-12-8)15(18)19)9(16)13-2-5-4-20-10(17)14-5/h1,3-4H,2H2,(H,13,16)(H,14,17). The van der Waals surface area contributed by atoms with Gasteiger partial charge in [-0.05, 0) is 0 Å². The number of H-pyrrole nitrogens is 1. The van der Waals surface area contributed by atoms with Crippen molar-refractivity contribution in [2.24, 2.45) is 0 Å². The molecule has 0 saturated heterocycles. The van der Waals surface area contributed by atoms with Gasteiger partial charge in [-0.3, -0.25) is 19.7 Å². The monoisotopic (exact) mass is 314 g/mol. The first-order valence-corrected chi connectivity index (χ1v) is 6.48. The average molecular weight is 315 g/mol. The molecule has 0 unspecified atom stereocenters. The van der Waals surface area contributed by atoms with E-state index in [0.717, 1.165) is 23.6 Å². The highest BCUT2D eigenvalue weighted by Crippen LogP contribution is 2.18. The van der Waals surface area contributed by atoms with Crippen LogP contribution in [-0.2, 0) is 6.54 Å². The van der Waals surface area contributed by atoms with Gasteiger partial charge in [0.2, 0.25) is 0 Å². The van der Waals surface area contributed by atoms with Crippen molar-refractivity contribution < 1.29 is 9.72 Å². The van der Waals surface area contributed by atoms with Crippen LogP contribution < -0.4 is 10.2 Å². The summed E-state index contributed by atoms with van der Waals surface area (Å²) in [5.74, 6) is -0.613. The number of carbonyl (C=O) groups is 1. The molecule has 2 rings (SSSR count). The third-order valence-electron chi connectivity index (χ3n) is 2.29. The van der Waals surface area contributed by atoms with Crippen LogP contribution in [-0.4, -0.2) is 20.8 Å². The SMILES string of the molecule is O=C(NCc1csc(=O)[nH]1)c1cc([N+](=O)[O-])cnc1Cl. The van der Waals surface area contributed by atoms with Crippen LogP contribution in [0.1, 0.15) is 16.1 Å². The zero-order chi connectivity index (χ0) is 14.7. The molecule has 10 heteroatoms. The molecular formula is C10H7ClN4O4S. The van der Waals surface area contributed by atoms with Gasteiger partial charge in [-0.2, -0.15) is 0 Å². The maximum Gasteiger partial charge on any atom is 0.304 e. The molecule has 0 spiro atoms. The Morgan fingerprint density at radius 2 is 2.35 bits per heavy atom. The van der Waals surface area contributed by atoms with Gasteiger partial charge in [-0.1, -0.05) is 22.9 Å². The summed E-state index contributed by atoms with van der Waals surface area (Å²) in [5.41, 5.74) is 0.102. The summed E-state index contributed by atoms with van der Waals surface area (Å²) in [6.07, 6.45) is 0.968. The highest BCUT2D eigenvalue weighted by atomic mass is 35.5. The number of nitro groups is 1. The molecule has 2 heterocycles. The molecule has 0 aromatic carbocycles. The van der Waals surface area contributed by atoms with Crippen molar-refractivity contribution >= 4 is 34.5 Å². The largest absolute Gasteiger partial charge is 0.346 e. The Morgan fingerprint density at radius 1 is 1.60 bits per heavy atom. The van der Waals surface area contributed by atoms with Crippen molar-refractivity contribution in [3.63, 3.8) is 0 Å². The second-order valence-electron chi connectivity index (χ2n) is 3.65. The molecule has 1 amide bonds. The zero-order valence-electron chi connectivity index (χ0n) is 9.75. The summed E-state index contributed by atoms with van der Waals surface area (Å²) < 4.78 is 0. The van der Waals surface area contributed by atoms with Crippen LogP contribution in [0.2, 0.25) is 5.15 Å². The Labute approximate surface area is 120 Å². The predicted octanol–water partition coefficient (Wildman–Crippen LogP) is 1.32. The molecule has 0 radical (unpaired) electrons. The lowest BCUT2D eigenvalue weighted by Crippen LogP contribution is -2.24. The Kier molecular flexibility index (Phi) is 4.11. The van der Waals surface area contributed by atoms with Crippen molar-refractivity contribution in [1.29, 1.82) is 0 Å². The summed E-state index contributed by atoms with van der Waals surface area (Å²) in [7, 11) is 0. The van der Waals surface area contributed by atoms with E-state index < -0.39 is 10.8 Å². The molecule has 2 aromatic rings. The van der Waals surface area contributed by atoms with Crippen LogP contribution in [0.5, 0.6) is 0 Å². The van der Waals surface area contributed by atoms with E-state index in [9.17, 15) is 19.7 Å². The lowest BCUT2D eigenvalue weighted by Gasteiger charge is -2.04. The molecule has 0 aliphatic heterocycles. The fourth-order valence-corrected chi connectivity index (χ4v) is 2.14. The number of aromatic nitrogens is 2. The van der Waals surface area contributed by atoms with Crippen molar-refractivity contribution in [2.45, 2.75) is 6.54 Å². The Bertz CT molecular complexity index is 726. The highest BCUT2D eigenvalue weighted by molar-refractivity contribution is 7.07. The molecule has 20 heavy (non-hydrogen) atoms. The van der Waals surface area contributed by atoms with E-state index in [-0.39, 0.29) is 27.8 Å². The number of hydrogen-bond acceptors (Lipinski definition) is 6. The number of halogens is 1. The lowest BCUT2D eigenvalue weighted by molar-refractivity contribution is -0.385. The molecule has 104 valence electrons. The van der Waals surface area contributed by atoms with Gasteiger partial charge < -0.3 is 10.3 Å². The number of nitrogens with one attached hydrogen (secondary N) is 2. The van der Waals surface area contributed by atoms with Crippen molar-refractivity contribution in [3.8, 4) is 0 Å². The van der Waals surface area contributed by atoms with Crippen LogP contribution in [0.25, 0.3) is 0 Å². The first kappa shape index (κ1) is 14.2. The first-order chi connectivity index (χ1) is 9.47. The lowest BCUT2D eigenvalue weighted by atomic mass is 10.2. The fourth-order valence-electron chi connectivity index (χ4n) is 1.37. The molecule has 0 atom stereocenters. The number of pyridine rings is 1. The fraction of sp³-hybridized carbons (Fsp3) is 0.100. The summed E-state index contributed by atoms with van der Waals surface area (Å²) in [6, 6.07) is 1.04. The third kappa shape index (κ3) is 3.19. The van der Waals surface area contributed by atoms with E-state index in [0.29, 0.717) is 5.69 Å². The van der Waals surface area contributed by atoms with Crippen molar-refractivity contribution in [1.82, 2.24) is 15.3 Å². The van der Waals surface area contributed by atoms with Gasteiger partial charge in [-0.25, -0.2) is 4.98 Å². The number of amides is 1. The molecular weight excluding hydrogens is 308 g/mol. The maximum absolute atomic E-state index is 11.9. The molecule has 0 saturated carbocycles. The van der Waals surface area contributed by atoms with Crippen molar-refractivity contribution in [3.05, 3.63) is 53.8 Å². The molecule has 0 aliphatic rings. The van der Waals surface area contributed by atoms with Gasteiger partial charge in [0, 0.05) is 17.1 Å². The summed E-state index contributed by atoms with van der Waals surface area (Å²) in [5, 5.41) is 14.5. The molecule has 0 aliphatic carbocycles. The van der Waals surface area contributed by atoms with Crippen LogP contribution in [0, 0.1) is 10.1 Å². The minimum Gasteiger partial charge on any atom is -0.346 e. The summed E-state index contributed by atoms with van der Waals surface area (Å²) in [6.45, 7) is 0.0800. The van der Waals surface area contributed by atoms with E-state index >= 15 is 0 Å². The van der Waals surface area contributed by atoms with Gasteiger partial charge in [0.25, 0.3) is 11.6 Å². The van der Waals surface area contributed by atoms with Gasteiger partial charge >= 0.3 is 4.87 Å². The summed E-state index contributed by atoms with van der Waals surface area (Å²) in [4.78, 5) is 38.6. The summed E-state index contributed by atoms with van der Waals surface area (Å²) >= 11 is 6.70. The first-order valence-electron chi connectivity index (χ1n) is 5.22. The van der Waals surface area contributed by atoms with E-state index in [1.807, 2.05) is 0 Å². The molecule has 2 aromatic heterocycles. The molecule has 2 N–H and O–H groups in total. The van der Waals surface area contributed by atoms with Crippen LogP contribution in [0.4, 0.5) is 5.69 Å². The highest BCUT2D eigenvalue weighted by Gasteiger charge is 2.17. The Balaban J connectivity index is 2.14. The maximum atomic E-state index is 11.9. The van der Waals surface area contributed by atoms with E-state index in [1.165, 1.54) is 0 Å². The Morgan fingerprint density at radius 3 is 2.95 bits per heavy atom. The van der Waals surface area contributed by atoms with Gasteiger partial charge in [0.1, 0.15) is 11.3 Å². The number of rotatable bonds is 4. The zero-order valence-corrected chi connectivity index (χ0v) is 11.3. The van der Waals surface area contributed by atoms with Crippen LogP contribution >= 0.6 is 22.9 Å². The van der Waals surface area contributed by atoms with E-state index in [2.05, 4.69) is 15.3 Å². The van der Waals surface area contributed by atoms with Crippen LogP contribution in [0.15, 0.2) is 22.4 Å². The van der Waals surface area contributed by atoms with Gasteiger partial charge in [-0.15, -0.1) is 0 Å². The molecule has 0 fully saturated rings. The minimum absolute atomic E-state index is 0.0800. The van der Waals surface area contributed by atoms with E-state index in [1.54, 1.807) is 5.38 Å². The number of carbonyl (C=O) groups excluding carboxylic acids is 1. The number of aromatic amines is 1. The minimum atomic E-state index is -0.670. The second kappa shape index (κ2) is 5.80. The number of hydrogen-bond donors (Lipinski definition) is 2. The topological polar surface area (TPSA) is 118 Å². The molecule has 8 nitrogen and oxygen atoms in total. The number of thiazole rings is 1. The number of nitrogens with zero attached hydrogens (tertiary/aromatic N) is 2.